The van der Waals surface area contributed by atoms with Crippen LogP contribution in [0.4, 0.5) is 0 Å². The normalized spacial score (nSPS) is 36.3. The Morgan fingerprint density at radius 2 is 1.70 bits per heavy atom. The van der Waals surface area contributed by atoms with E-state index < -0.39 is 0 Å². The van der Waals surface area contributed by atoms with Gasteiger partial charge in [0.15, 0.2) is 0 Å². The minimum atomic E-state index is -0.306. The summed E-state index contributed by atoms with van der Waals surface area (Å²) in [6.07, 6.45) is 5.99. The van der Waals surface area contributed by atoms with E-state index in [4.69, 9.17) is 9.47 Å². The number of hydrogen-bond acceptors (Lipinski definition) is 4. The van der Waals surface area contributed by atoms with E-state index in [1.807, 2.05) is 6.92 Å². The number of amides is 1. The van der Waals surface area contributed by atoms with Crippen molar-refractivity contribution in [3.63, 3.8) is 0 Å². The highest BCUT2D eigenvalue weighted by Crippen LogP contribution is 2.58. The molecule has 1 amide bonds. The summed E-state index contributed by atoms with van der Waals surface area (Å²) < 4.78 is 10.5. The Kier molecular flexibility index (Phi) is 4.68. The molecule has 0 aromatic carbocycles. The first-order valence-electron chi connectivity index (χ1n) is 9.01. The van der Waals surface area contributed by atoms with E-state index in [-0.39, 0.29) is 16.8 Å². The summed E-state index contributed by atoms with van der Waals surface area (Å²) in [5.74, 6) is 0.738. The molecule has 1 heterocycles. The second kappa shape index (κ2) is 6.42. The van der Waals surface area contributed by atoms with E-state index >= 15 is 0 Å². The number of hydrogen-bond donors (Lipinski definition) is 0. The van der Waals surface area contributed by atoms with E-state index in [9.17, 15) is 9.59 Å². The molecule has 3 aliphatic carbocycles. The quantitative estimate of drug-likeness (QED) is 0.729. The number of fused-ring (bicyclic) bond motifs is 3. The van der Waals surface area contributed by atoms with Crippen molar-refractivity contribution in [1.82, 2.24) is 4.90 Å². The number of ether oxygens (including phenoxy) is 2. The molecule has 4 fully saturated rings. The molecule has 1 atom stereocenters. The molecule has 0 spiro atoms. The lowest BCUT2D eigenvalue weighted by Crippen LogP contribution is -2.53. The van der Waals surface area contributed by atoms with Crippen LogP contribution in [0.2, 0.25) is 0 Å². The highest BCUT2D eigenvalue weighted by Gasteiger charge is 2.57. The van der Waals surface area contributed by atoms with Gasteiger partial charge in [0.1, 0.15) is 0 Å². The van der Waals surface area contributed by atoms with Crippen LogP contribution in [-0.4, -0.2) is 50.2 Å². The molecule has 1 saturated heterocycles. The van der Waals surface area contributed by atoms with Crippen LogP contribution in [0, 0.1) is 16.7 Å². The summed E-state index contributed by atoms with van der Waals surface area (Å²) >= 11 is 0. The zero-order valence-corrected chi connectivity index (χ0v) is 14.4. The number of rotatable bonds is 5. The van der Waals surface area contributed by atoms with Gasteiger partial charge in [0.05, 0.1) is 19.1 Å². The Morgan fingerprint density at radius 1 is 1.09 bits per heavy atom. The molecular formula is C18H29NO4. The van der Waals surface area contributed by atoms with Crippen LogP contribution >= 0.6 is 0 Å². The van der Waals surface area contributed by atoms with Gasteiger partial charge in [-0.15, -0.1) is 0 Å². The van der Waals surface area contributed by atoms with Crippen LogP contribution < -0.4 is 0 Å². The highest BCUT2D eigenvalue weighted by molar-refractivity contribution is 5.85. The first-order chi connectivity index (χ1) is 11.1. The van der Waals surface area contributed by atoms with Gasteiger partial charge in [0, 0.05) is 31.0 Å². The van der Waals surface area contributed by atoms with E-state index in [0.717, 1.165) is 71.2 Å². The fourth-order valence-corrected chi connectivity index (χ4v) is 4.80. The van der Waals surface area contributed by atoms with Gasteiger partial charge in [-0.2, -0.15) is 0 Å². The Hall–Kier alpha value is -1.10. The maximum Gasteiger partial charge on any atom is 0.311 e. The molecule has 0 N–H and O–H groups in total. The molecule has 2 bridgehead atoms. The number of esters is 1. The lowest BCUT2D eigenvalue weighted by molar-refractivity contribution is -0.169. The highest BCUT2D eigenvalue weighted by atomic mass is 16.5. The predicted molar refractivity (Wildman–Crippen MR) is 85.8 cm³/mol. The molecule has 0 aromatic heterocycles. The maximum atomic E-state index is 13.1. The molecule has 130 valence electrons. The standard InChI is InChI=1S/C18H29NO4/c1-3-23-13-14-4-11-19(12-14)15(20)17-5-8-18(9-6-17,10-7-17)16(21)22-2/h14H,3-13H2,1-2H3/t14-,17?,18?/m1/s1. The van der Waals surface area contributed by atoms with Crippen LogP contribution in [0.1, 0.15) is 51.9 Å². The van der Waals surface area contributed by atoms with Crippen LogP contribution in [0.3, 0.4) is 0 Å². The number of carbonyl (C=O) groups excluding carboxylic acids is 2. The molecular weight excluding hydrogens is 294 g/mol. The van der Waals surface area contributed by atoms with Crippen LogP contribution in [0.15, 0.2) is 0 Å². The van der Waals surface area contributed by atoms with Gasteiger partial charge < -0.3 is 14.4 Å². The molecule has 1 aliphatic heterocycles. The van der Waals surface area contributed by atoms with Crippen molar-refractivity contribution in [2.75, 3.05) is 33.4 Å². The van der Waals surface area contributed by atoms with Gasteiger partial charge in [0.2, 0.25) is 5.91 Å². The Bertz CT molecular complexity index is 451. The minimum absolute atomic E-state index is 0.0730. The van der Waals surface area contributed by atoms with Crippen LogP contribution in [0.25, 0.3) is 0 Å². The third kappa shape index (κ3) is 2.88. The molecule has 23 heavy (non-hydrogen) atoms. The largest absolute Gasteiger partial charge is 0.469 e. The maximum absolute atomic E-state index is 13.1. The van der Waals surface area contributed by atoms with Gasteiger partial charge in [-0.25, -0.2) is 0 Å². The van der Waals surface area contributed by atoms with E-state index in [2.05, 4.69) is 4.90 Å². The van der Waals surface area contributed by atoms with Crippen molar-refractivity contribution in [3.05, 3.63) is 0 Å². The molecule has 0 aromatic rings. The van der Waals surface area contributed by atoms with E-state index in [1.54, 1.807) is 0 Å². The van der Waals surface area contributed by atoms with Gasteiger partial charge in [-0.05, 0) is 51.9 Å². The molecule has 0 radical (unpaired) electrons. The second-order valence-electron chi connectivity index (χ2n) is 7.62. The zero-order valence-electron chi connectivity index (χ0n) is 14.4. The monoisotopic (exact) mass is 323 g/mol. The SMILES string of the molecule is CCOC[C@@H]1CCN(C(=O)C23CCC(C(=O)OC)(CC2)CC3)C1. The van der Waals surface area contributed by atoms with Crippen molar-refractivity contribution < 1.29 is 19.1 Å². The van der Waals surface area contributed by atoms with E-state index in [1.165, 1.54) is 7.11 Å². The third-order valence-electron chi connectivity index (χ3n) is 6.45. The Labute approximate surface area is 138 Å². The zero-order chi connectivity index (χ0) is 16.5. The molecule has 4 rings (SSSR count). The van der Waals surface area contributed by atoms with Crippen LogP contribution in [-0.2, 0) is 19.1 Å². The third-order valence-corrected chi connectivity index (χ3v) is 6.45. The summed E-state index contributed by atoms with van der Waals surface area (Å²) in [5, 5.41) is 0. The lowest BCUT2D eigenvalue weighted by atomic mass is 9.53. The minimum Gasteiger partial charge on any atom is -0.469 e. The molecule has 0 unspecified atom stereocenters. The summed E-state index contributed by atoms with van der Waals surface area (Å²) in [6, 6.07) is 0. The summed E-state index contributed by atoms with van der Waals surface area (Å²) in [5.41, 5.74) is -0.518. The number of methoxy groups -OCH3 is 1. The predicted octanol–water partition coefficient (Wildman–Crippen LogP) is 2.39. The molecule has 4 aliphatic rings. The van der Waals surface area contributed by atoms with Crippen molar-refractivity contribution in [3.8, 4) is 0 Å². The smallest absolute Gasteiger partial charge is 0.311 e. The molecule has 5 heteroatoms. The van der Waals surface area contributed by atoms with E-state index in [0.29, 0.717) is 11.8 Å². The number of likely N-dealkylation sites (tertiary alicyclic amines) is 1. The van der Waals surface area contributed by atoms with Crippen molar-refractivity contribution in [2.45, 2.75) is 51.9 Å². The molecule has 5 nitrogen and oxygen atoms in total. The summed E-state index contributed by atoms with van der Waals surface area (Å²) in [6.45, 7) is 5.21. The van der Waals surface area contributed by atoms with Crippen molar-refractivity contribution >= 4 is 11.9 Å². The topological polar surface area (TPSA) is 55.8 Å². The van der Waals surface area contributed by atoms with Gasteiger partial charge >= 0.3 is 5.97 Å². The fourth-order valence-electron chi connectivity index (χ4n) is 4.80. The first kappa shape index (κ1) is 16.7. The van der Waals surface area contributed by atoms with Crippen molar-refractivity contribution in [1.29, 1.82) is 0 Å². The summed E-state index contributed by atoms with van der Waals surface area (Å²) in [4.78, 5) is 27.3. The lowest BCUT2D eigenvalue weighted by Gasteiger charge is -2.51. The average molecular weight is 323 g/mol. The Morgan fingerprint density at radius 3 is 2.26 bits per heavy atom. The number of nitrogens with zero attached hydrogens (tertiary/aromatic N) is 1. The molecule has 3 saturated carbocycles. The summed E-state index contributed by atoms with van der Waals surface area (Å²) in [7, 11) is 1.47. The average Bonchev–Trinajstić information content (AvgIpc) is 3.08. The van der Waals surface area contributed by atoms with Gasteiger partial charge in [0.25, 0.3) is 0 Å². The van der Waals surface area contributed by atoms with Gasteiger partial charge in [-0.1, -0.05) is 0 Å². The van der Waals surface area contributed by atoms with Crippen LogP contribution in [0.5, 0.6) is 0 Å². The Balaban J connectivity index is 1.61. The fraction of sp³-hybridized carbons (Fsp3) is 0.889. The second-order valence-corrected chi connectivity index (χ2v) is 7.62. The number of carbonyl (C=O) groups is 2. The van der Waals surface area contributed by atoms with Crippen molar-refractivity contribution in [2.24, 2.45) is 16.7 Å². The van der Waals surface area contributed by atoms with Gasteiger partial charge in [-0.3, -0.25) is 9.59 Å². The first-order valence-corrected chi connectivity index (χ1v) is 9.01.